The molecule has 0 N–H and O–H groups in total. The van der Waals surface area contributed by atoms with E-state index in [1.54, 1.807) is 18.2 Å². The zero-order valence-corrected chi connectivity index (χ0v) is 13.8. The minimum atomic E-state index is 0.474. The number of ether oxygens (including phenoxy) is 1. The fourth-order valence-electron chi connectivity index (χ4n) is 1.38. The van der Waals surface area contributed by atoms with Gasteiger partial charge in [-0.25, -0.2) is 0 Å². The molecule has 94 valence electrons. The van der Waals surface area contributed by atoms with E-state index in [9.17, 15) is 0 Å². The van der Waals surface area contributed by atoms with E-state index in [1.807, 2.05) is 18.2 Å². The van der Waals surface area contributed by atoms with Crippen molar-refractivity contribution in [2.24, 2.45) is 0 Å². The molecule has 0 saturated heterocycles. The van der Waals surface area contributed by atoms with Crippen LogP contribution >= 0.6 is 55.1 Å². The van der Waals surface area contributed by atoms with Gasteiger partial charge < -0.3 is 4.74 Å². The van der Waals surface area contributed by atoms with Gasteiger partial charge in [-0.2, -0.15) is 0 Å². The maximum Gasteiger partial charge on any atom is 0.141 e. The van der Waals surface area contributed by atoms with Crippen molar-refractivity contribution in [2.45, 2.75) is 5.33 Å². The Bertz CT molecular complexity index is 573. The molecule has 0 unspecified atom stereocenters. The van der Waals surface area contributed by atoms with Gasteiger partial charge in [0.1, 0.15) is 11.5 Å². The molecule has 0 aromatic heterocycles. The lowest BCUT2D eigenvalue weighted by Gasteiger charge is -2.09. The average Bonchev–Trinajstić information content (AvgIpc) is 2.36. The van der Waals surface area contributed by atoms with Crippen LogP contribution in [0, 0.1) is 0 Å². The normalized spacial score (nSPS) is 10.4. The van der Waals surface area contributed by atoms with Crippen LogP contribution in [-0.2, 0) is 5.33 Å². The van der Waals surface area contributed by atoms with Crippen molar-refractivity contribution in [1.29, 1.82) is 0 Å². The molecule has 2 rings (SSSR count). The van der Waals surface area contributed by atoms with Crippen LogP contribution in [0.25, 0.3) is 0 Å². The largest absolute Gasteiger partial charge is 0.456 e. The summed E-state index contributed by atoms with van der Waals surface area (Å²) in [6.45, 7) is 0. The molecule has 0 atom stereocenters. The van der Waals surface area contributed by atoms with Gasteiger partial charge in [0.25, 0.3) is 0 Å². The second-order valence-corrected chi connectivity index (χ2v) is 5.81. The van der Waals surface area contributed by atoms with Crippen LogP contribution < -0.4 is 4.74 Å². The highest BCUT2D eigenvalue weighted by molar-refractivity contribution is 9.10. The van der Waals surface area contributed by atoms with Crippen molar-refractivity contribution < 1.29 is 4.74 Å². The number of benzene rings is 2. The molecule has 18 heavy (non-hydrogen) atoms. The predicted molar refractivity (Wildman–Crippen MR) is 83.3 cm³/mol. The molecule has 0 heterocycles. The summed E-state index contributed by atoms with van der Waals surface area (Å²) in [6.07, 6.45) is 0. The van der Waals surface area contributed by atoms with Gasteiger partial charge in [-0.1, -0.05) is 45.2 Å². The van der Waals surface area contributed by atoms with Crippen molar-refractivity contribution in [3.63, 3.8) is 0 Å². The van der Waals surface area contributed by atoms with Gasteiger partial charge in [0.15, 0.2) is 0 Å². The molecule has 0 aliphatic heterocycles. The third-order valence-electron chi connectivity index (χ3n) is 2.27. The summed E-state index contributed by atoms with van der Waals surface area (Å²) in [6, 6.07) is 11.1. The number of hydrogen-bond acceptors (Lipinski definition) is 1. The summed E-state index contributed by atoms with van der Waals surface area (Å²) in [5, 5.41) is 1.79. The van der Waals surface area contributed by atoms with Crippen LogP contribution in [0.4, 0.5) is 0 Å². The van der Waals surface area contributed by atoms with Crippen molar-refractivity contribution in [3.8, 4) is 11.5 Å². The fourth-order valence-corrected chi connectivity index (χ4v) is 2.52. The van der Waals surface area contributed by atoms with Crippen LogP contribution in [-0.4, -0.2) is 0 Å². The van der Waals surface area contributed by atoms with E-state index in [0.29, 0.717) is 15.8 Å². The second kappa shape index (κ2) is 6.29. The number of alkyl halides is 1. The highest BCUT2D eigenvalue weighted by Crippen LogP contribution is 2.33. The number of halogens is 4. The first kappa shape index (κ1) is 14.2. The summed E-state index contributed by atoms with van der Waals surface area (Å²) in [5.74, 6) is 1.38. The van der Waals surface area contributed by atoms with Crippen molar-refractivity contribution >= 4 is 55.1 Å². The third kappa shape index (κ3) is 3.41. The molecule has 0 fully saturated rings. The Hall–Kier alpha value is -0.220. The lowest BCUT2D eigenvalue weighted by Crippen LogP contribution is -1.87. The maximum absolute atomic E-state index is 5.94. The van der Waals surface area contributed by atoms with Crippen LogP contribution in [0.3, 0.4) is 0 Å². The van der Waals surface area contributed by atoms with Crippen LogP contribution in [0.5, 0.6) is 11.5 Å². The quantitative estimate of drug-likeness (QED) is 0.529. The number of rotatable bonds is 3. The first-order valence-electron chi connectivity index (χ1n) is 5.07. The molecular weight excluding hydrogens is 403 g/mol. The van der Waals surface area contributed by atoms with Crippen LogP contribution in [0.1, 0.15) is 5.56 Å². The number of hydrogen-bond donors (Lipinski definition) is 0. The molecule has 5 heteroatoms. The lowest BCUT2D eigenvalue weighted by molar-refractivity contribution is 0.479. The zero-order valence-electron chi connectivity index (χ0n) is 9.09. The summed E-state index contributed by atoms with van der Waals surface area (Å²) in [5.41, 5.74) is 1.17. The molecular formula is C13H8Br2Cl2O. The molecule has 0 bridgehead atoms. The van der Waals surface area contributed by atoms with E-state index in [0.717, 1.165) is 15.6 Å². The summed E-state index contributed by atoms with van der Waals surface area (Å²) >= 11 is 18.7. The van der Waals surface area contributed by atoms with E-state index < -0.39 is 0 Å². The fraction of sp³-hybridized carbons (Fsp3) is 0.0769. The van der Waals surface area contributed by atoms with Gasteiger partial charge >= 0.3 is 0 Å². The zero-order chi connectivity index (χ0) is 13.1. The maximum atomic E-state index is 5.94. The molecule has 2 aromatic rings. The molecule has 2 aromatic carbocycles. The average molecular weight is 411 g/mol. The van der Waals surface area contributed by atoms with Gasteiger partial charge in [0.05, 0.1) is 14.5 Å². The smallest absolute Gasteiger partial charge is 0.141 e. The Balaban J connectivity index is 2.25. The molecule has 0 aliphatic carbocycles. The summed E-state index contributed by atoms with van der Waals surface area (Å²) in [7, 11) is 0. The Morgan fingerprint density at radius 3 is 2.39 bits per heavy atom. The SMILES string of the molecule is Clc1ccc(Oc2ccc(CBr)cc2Br)cc1Cl. The predicted octanol–water partition coefficient (Wildman–Crippen LogP) is 6.44. The summed E-state index contributed by atoms with van der Waals surface area (Å²) in [4.78, 5) is 0. The Morgan fingerprint density at radius 2 is 1.78 bits per heavy atom. The Kier molecular flexibility index (Phi) is 4.96. The van der Waals surface area contributed by atoms with Crippen molar-refractivity contribution in [3.05, 3.63) is 56.5 Å². The molecule has 0 saturated carbocycles. The lowest BCUT2D eigenvalue weighted by atomic mass is 10.2. The summed E-state index contributed by atoms with van der Waals surface area (Å²) < 4.78 is 6.63. The van der Waals surface area contributed by atoms with Crippen LogP contribution in [0.2, 0.25) is 10.0 Å². The van der Waals surface area contributed by atoms with Crippen molar-refractivity contribution in [2.75, 3.05) is 0 Å². The van der Waals surface area contributed by atoms with Gasteiger partial charge in [-0.3, -0.25) is 0 Å². The first-order chi connectivity index (χ1) is 8.60. The minimum absolute atomic E-state index is 0.474. The monoisotopic (exact) mass is 408 g/mol. The highest BCUT2D eigenvalue weighted by atomic mass is 79.9. The Morgan fingerprint density at radius 1 is 1.00 bits per heavy atom. The van der Waals surface area contributed by atoms with E-state index >= 15 is 0 Å². The van der Waals surface area contributed by atoms with Gasteiger partial charge in [-0.05, 0) is 45.8 Å². The molecule has 0 amide bonds. The molecule has 0 spiro atoms. The molecule has 1 nitrogen and oxygen atoms in total. The Labute approximate surface area is 132 Å². The van der Waals surface area contributed by atoms with Crippen LogP contribution in [0.15, 0.2) is 40.9 Å². The van der Waals surface area contributed by atoms with Gasteiger partial charge in [-0.15, -0.1) is 0 Å². The third-order valence-corrected chi connectivity index (χ3v) is 4.28. The van der Waals surface area contributed by atoms with Gasteiger partial charge in [0, 0.05) is 11.4 Å². The van der Waals surface area contributed by atoms with E-state index in [1.165, 1.54) is 5.56 Å². The highest BCUT2D eigenvalue weighted by Gasteiger charge is 2.05. The standard InChI is InChI=1S/C13H8Br2Cl2O/c14-7-8-1-4-13(10(15)5-8)18-9-2-3-11(16)12(17)6-9/h1-6H,7H2. The second-order valence-electron chi connectivity index (χ2n) is 3.58. The van der Waals surface area contributed by atoms with E-state index in [-0.39, 0.29) is 0 Å². The van der Waals surface area contributed by atoms with E-state index in [4.69, 9.17) is 27.9 Å². The molecule has 0 aliphatic rings. The minimum Gasteiger partial charge on any atom is -0.456 e. The topological polar surface area (TPSA) is 9.23 Å². The van der Waals surface area contributed by atoms with Crippen molar-refractivity contribution in [1.82, 2.24) is 0 Å². The first-order valence-corrected chi connectivity index (χ1v) is 7.74. The van der Waals surface area contributed by atoms with E-state index in [2.05, 4.69) is 31.9 Å². The van der Waals surface area contributed by atoms with Gasteiger partial charge in [0.2, 0.25) is 0 Å². The molecule has 0 radical (unpaired) electrons.